The van der Waals surface area contributed by atoms with E-state index in [9.17, 15) is 14.7 Å². The fraction of sp³-hybridized carbons (Fsp3) is 0.529. The second kappa shape index (κ2) is 5.15. The van der Waals surface area contributed by atoms with Crippen LogP contribution in [0.4, 0.5) is 0 Å². The fourth-order valence-corrected chi connectivity index (χ4v) is 4.21. The molecule has 1 amide bonds. The third-order valence-electron chi connectivity index (χ3n) is 5.38. The van der Waals surface area contributed by atoms with Crippen LogP contribution in [0.15, 0.2) is 18.2 Å². The lowest BCUT2D eigenvalue weighted by atomic mass is 9.81. The lowest BCUT2D eigenvalue weighted by Gasteiger charge is -2.25. The van der Waals surface area contributed by atoms with E-state index >= 15 is 0 Å². The van der Waals surface area contributed by atoms with E-state index in [-0.39, 0.29) is 18.4 Å². The Morgan fingerprint density at radius 2 is 2.09 bits per heavy atom. The number of hydrogen-bond donors (Lipinski definition) is 1. The third kappa shape index (κ3) is 2.08. The maximum Gasteiger partial charge on any atom is 0.311 e. The molecule has 0 radical (unpaired) electrons. The first kappa shape index (κ1) is 14.4. The summed E-state index contributed by atoms with van der Waals surface area (Å²) in [5, 5.41) is 9.65. The smallest absolute Gasteiger partial charge is 0.311 e. The summed E-state index contributed by atoms with van der Waals surface area (Å²) < 4.78 is 11.1. The lowest BCUT2D eigenvalue weighted by Crippen LogP contribution is -2.37. The van der Waals surface area contributed by atoms with E-state index in [1.807, 2.05) is 0 Å². The Morgan fingerprint density at radius 3 is 2.87 bits per heavy atom. The average Bonchev–Trinajstić information content (AvgIpc) is 3.12. The zero-order valence-corrected chi connectivity index (χ0v) is 12.8. The molecular weight excluding hydrogens is 298 g/mol. The number of fused-ring (bicyclic) bond motifs is 2. The van der Waals surface area contributed by atoms with Crippen molar-refractivity contribution in [2.24, 2.45) is 11.3 Å². The van der Waals surface area contributed by atoms with Crippen LogP contribution in [0.2, 0.25) is 0 Å². The fourth-order valence-electron chi connectivity index (χ4n) is 4.21. The quantitative estimate of drug-likeness (QED) is 0.900. The highest BCUT2D eigenvalue weighted by molar-refractivity contribution is 5.98. The summed E-state index contributed by atoms with van der Waals surface area (Å²) in [6, 6.07) is 5.27. The summed E-state index contributed by atoms with van der Waals surface area (Å²) in [5.74, 6) is 0.174. The van der Waals surface area contributed by atoms with E-state index < -0.39 is 11.4 Å². The highest BCUT2D eigenvalue weighted by atomic mass is 16.6. The van der Waals surface area contributed by atoms with Crippen molar-refractivity contribution in [1.82, 2.24) is 4.90 Å². The van der Waals surface area contributed by atoms with Gasteiger partial charge in [0.2, 0.25) is 0 Å². The van der Waals surface area contributed by atoms with Crippen molar-refractivity contribution in [3.05, 3.63) is 23.8 Å². The van der Waals surface area contributed by atoms with E-state index in [0.717, 1.165) is 12.8 Å². The maximum absolute atomic E-state index is 12.9. The Labute approximate surface area is 134 Å². The van der Waals surface area contributed by atoms with Gasteiger partial charge in [-0.1, -0.05) is 12.5 Å². The number of rotatable bonds is 2. The first-order valence-electron chi connectivity index (χ1n) is 8.03. The number of carbonyl (C=O) groups is 2. The molecular formula is C17H19NO5. The van der Waals surface area contributed by atoms with E-state index in [1.165, 1.54) is 0 Å². The molecule has 1 aromatic rings. The van der Waals surface area contributed by atoms with Crippen LogP contribution in [0, 0.1) is 11.3 Å². The number of para-hydroxylation sites is 1. The van der Waals surface area contributed by atoms with Gasteiger partial charge in [-0.25, -0.2) is 0 Å². The van der Waals surface area contributed by atoms with Crippen LogP contribution in [-0.4, -0.2) is 48.2 Å². The van der Waals surface area contributed by atoms with E-state index in [4.69, 9.17) is 9.47 Å². The molecule has 1 N–H and O–H groups in total. The Balaban J connectivity index is 1.63. The molecule has 0 bridgehead atoms. The molecule has 2 atom stereocenters. The molecule has 1 aromatic carbocycles. The van der Waals surface area contributed by atoms with Crippen LogP contribution in [0.1, 0.15) is 29.6 Å². The topological polar surface area (TPSA) is 76.1 Å². The molecule has 0 aromatic heterocycles. The van der Waals surface area contributed by atoms with Crippen LogP contribution in [-0.2, 0) is 4.79 Å². The van der Waals surface area contributed by atoms with Gasteiger partial charge in [-0.2, -0.15) is 0 Å². The van der Waals surface area contributed by atoms with Gasteiger partial charge in [-0.15, -0.1) is 0 Å². The molecule has 4 rings (SSSR count). The summed E-state index contributed by atoms with van der Waals surface area (Å²) in [7, 11) is 0. The second-order valence-corrected chi connectivity index (χ2v) is 6.57. The monoisotopic (exact) mass is 317 g/mol. The molecule has 2 heterocycles. The minimum Gasteiger partial charge on any atom is -0.486 e. The van der Waals surface area contributed by atoms with Gasteiger partial charge in [-0.3, -0.25) is 9.59 Å². The molecule has 6 heteroatoms. The van der Waals surface area contributed by atoms with Crippen molar-refractivity contribution in [2.75, 3.05) is 26.3 Å². The lowest BCUT2D eigenvalue weighted by molar-refractivity contribution is -0.149. The zero-order valence-electron chi connectivity index (χ0n) is 12.8. The van der Waals surface area contributed by atoms with E-state index in [0.29, 0.717) is 43.2 Å². The first-order valence-corrected chi connectivity index (χ1v) is 8.03. The second-order valence-electron chi connectivity index (χ2n) is 6.57. The minimum atomic E-state index is -0.773. The molecule has 122 valence electrons. The Bertz CT molecular complexity index is 673. The molecule has 0 spiro atoms. The SMILES string of the molecule is O=C(c1cccc2c1OCCO2)N1C[C@@H]2CCC[C@@]2(C(=O)O)C1. The molecule has 23 heavy (non-hydrogen) atoms. The van der Waals surface area contributed by atoms with Crippen molar-refractivity contribution in [3.8, 4) is 11.5 Å². The Morgan fingerprint density at radius 1 is 1.26 bits per heavy atom. The van der Waals surface area contributed by atoms with Crippen LogP contribution < -0.4 is 9.47 Å². The van der Waals surface area contributed by atoms with Gasteiger partial charge in [-0.05, 0) is 30.9 Å². The maximum atomic E-state index is 12.9. The highest BCUT2D eigenvalue weighted by Crippen LogP contribution is 2.49. The van der Waals surface area contributed by atoms with E-state index in [2.05, 4.69) is 0 Å². The zero-order chi connectivity index (χ0) is 16.0. The summed E-state index contributed by atoms with van der Waals surface area (Å²) in [6.07, 6.45) is 2.46. The molecule has 0 unspecified atom stereocenters. The van der Waals surface area contributed by atoms with Gasteiger partial charge < -0.3 is 19.5 Å². The number of carboxylic acid groups (broad SMARTS) is 1. The number of hydrogen-bond acceptors (Lipinski definition) is 4. The van der Waals surface area contributed by atoms with Gasteiger partial charge in [0, 0.05) is 13.1 Å². The first-order chi connectivity index (χ1) is 11.1. The summed E-state index contributed by atoms with van der Waals surface area (Å²) in [6.45, 7) is 1.68. The number of aliphatic carboxylic acids is 1. The Kier molecular flexibility index (Phi) is 3.21. The standard InChI is InChI=1S/C17H19NO5/c19-15(12-4-1-5-13-14(12)23-8-7-22-13)18-9-11-3-2-6-17(11,10-18)16(20)21/h1,4-5,11H,2-3,6-10H2,(H,20,21)/t11-,17+/m0/s1. The molecule has 2 fully saturated rings. The van der Waals surface area contributed by atoms with Crippen molar-refractivity contribution in [2.45, 2.75) is 19.3 Å². The van der Waals surface area contributed by atoms with Crippen molar-refractivity contribution in [1.29, 1.82) is 0 Å². The van der Waals surface area contributed by atoms with E-state index in [1.54, 1.807) is 23.1 Å². The molecule has 1 saturated carbocycles. The average molecular weight is 317 g/mol. The van der Waals surface area contributed by atoms with Gasteiger partial charge >= 0.3 is 5.97 Å². The number of benzene rings is 1. The van der Waals surface area contributed by atoms with Crippen LogP contribution >= 0.6 is 0 Å². The predicted octanol–water partition coefficient (Wildman–Crippen LogP) is 1.78. The highest BCUT2D eigenvalue weighted by Gasteiger charge is 2.56. The third-order valence-corrected chi connectivity index (χ3v) is 5.38. The molecule has 1 aliphatic carbocycles. The minimum absolute atomic E-state index is 0.0562. The van der Waals surface area contributed by atoms with Crippen LogP contribution in [0.3, 0.4) is 0 Å². The van der Waals surface area contributed by atoms with Gasteiger partial charge in [0.1, 0.15) is 13.2 Å². The normalized spacial score (nSPS) is 28.5. The number of amides is 1. The van der Waals surface area contributed by atoms with Gasteiger partial charge in [0.25, 0.3) is 5.91 Å². The predicted molar refractivity (Wildman–Crippen MR) is 80.7 cm³/mol. The van der Waals surface area contributed by atoms with Crippen molar-refractivity contribution < 1.29 is 24.2 Å². The largest absolute Gasteiger partial charge is 0.486 e. The van der Waals surface area contributed by atoms with Crippen LogP contribution in [0.5, 0.6) is 11.5 Å². The van der Waals surface area contributed by atoms with Gasteiger partial charge in [0.05, 0.1) is 11.0 Å². The number of likely N-dealkylation sites (tertiary alicyclic amines) is 1. The van der Waals surface area contributed by atoms with Crippen molar-refractivity contribution in [3.63, 3.8) is 0 Å². The van der Waals surface area contributed by atoms with Crippen LogP contribution in [0.25, 0.3) is 0 Å². The van der Waals surface area contributed by atoms with Crippen molar-refractivity contribution >= 4 is 11.9 Å². The molecule has 2 aliphatic heterocycles. The molecule has 1 saturated heterocycles. The number of ether oxygens (including phenoxy) is 2. The van der Waals surface area contributed by atoms with Gasteiger partial charge in [0.15, 0.2) is 11.5 Å². The number of carbonyl (C=O) groups excluding carboxylic acids is 1. The summed E-state index contributed by atoms with van der Waals surface area (Å²) >= 11 is 0. The molecule has 3 aliphatic rings. The summed E-state index contributed by atoms with van der Waals surface area (Å²) in [5.41, 5.74) is -0.301. The summed E-state index contributed by atoms with van der Waals surface area (Å²) in [4.78, 5) is 26.3. The number of carboxylic acids is 1. The Hall–Kier alpha value is -2.24. The molecule has 6 nitrogen and oxygen atoms in total. The number of nitrogens with zero attached hydrogens (tertiary/aromatic N) is 1.